The van der Waals surface area contributed by atoms with Crippen LogP contribution in [0.5, 0.6) is 0 Å². The van der Waals surface area contributed by atoms with Crippen LogP contribution in [0.4, 0.5) is 0 Å². The van der Waals surface area contributed by atoms with Gasteiger partial charge in [0.05, 0.1) is 5.41 Å². The summed E-state index contributed by atoms with van der Waals surface area (Å²) in [6, 6.07) is 0. The standard InChI is InChI=1S/C13H22N2O3/c1-9(10-7-14-8-10)11(16)15-5-3-13(2,4-6-15)12(17)18/h9-10,14H,3-8H2,1-2H3,(H,17,18). The van der Waals surface area contributed by atoms with Crippen molar-refractivity contribution in [3.8, 4) is 0 Å². The van der Waals surface area contributed by atoms with Gasteiger partial charge in [-0.05, 0) is 38.8 Å². The molecule has 5 heteroatoms. The van der Waals surface area contributed by atoms with Crippen molar-refractivity contribution in [1.82, 2.24) is 10.2 Å². The summed E-state index contributed by atoms with van der Waals surface area (Å²) in [5, 5.41) is 12.3. The molecular formula is C13H22N2O3. The molecule has 1 amide bonds. The molecule has 0 aliphatic carbocycles. The van der Waals surface area contributed by atoms with Crippen LogP contribution in [0.3, 0.4) is 0 Å². The van der Waals surface area contributed by atoms with Gasteiger partial charge < -0.3 is 15.3 Å². The molecule has 0 spiro atoms. The first kappa shape index (κ1) is 13.3. The highest BCUT2D eigenvalue weighted by molar-refractivity contribution is 5.80. The molecule has 102 valence electrons. The quantitative estimate of drug-likeness (QED) is 0.772. The minimum atomic E-state index is -0.745. The summed E-state index contributed by atoms with van der Waals surface area (Å²) < 4.78 is 0. The Labute approximate surface area is 108 Å². The van der Waals surface area contributed by atoms with E-state index >= 15 is 0 Å². The molecule has 18 heavy (non-hydrogen) atoms. The summed E-state index contributed by atoms with van der Waals surface area (Å²) in [4.78, 5) is 25.2. The molecule has 0 aromatic heterocycles. The van der Waals surface area contributed by atoms with Crippen molar-refractivity contribution in [2.75, 3.05) is 26.2 Å². The number of carboxylic acids is 1. The molecule has 0 bridgehead atoms. The minimum Gasteiger partial charge on any atom is -0.481 e. The Balaban J connectivity index is 1.89. The summed E-state index contributed by atoms with van der Waals surface area (Å²) >= 11 is 0. The van der Waals surface area contributed by atoms with Gasteiger partial charge >= 0.3 is 5.97 Å². The molecule has 1 atom stereocenters. The number of aliphatic carboxylic acids is 1. The molecule has 2 saturated heterocycles. The monoisotopic (exact) mass is 254 g/mol. The number of carboxylic acid groups (broad SMARTS) is 1. The predicted octanol–water partition coefficient (Wildman–Crippen LogP) is 0.555. The Hall–Kier alpha value is -1.10. The Morgan fingerprint density at radius 2 is 1.89 bits per heavy atom. The Morgan fingerprint density at radius 3 is 2.28 bits per heavy atom. The number of hydrogen-bond donors (Lipinski definition) is 2. The molecule has 2 heterocycles. The van der Waals surface area contributed by atoms with Crippen LogP contribution in [0.1, 0.15) is 26.7 Å². The topological polar surface area (TPSA) is 69.6 Å². The third-order valence-electron chi connectivity index (χ3n) is 4.60. The number of nitrogens with zero attached hydrogens (tertiary/aromatic N) is 1. The molecule has 2 aliphatic heterocycles. The molecule has 0 aromatic rings. The Bertz CT molecular complexity index is 344. The van der Waals surface area contributed by atoms with Crippen LogP contribution in [0.15, 0.2) is 0 Å². The van der Waals surface area contributed by atoms with Crippen molar-refractivity contribution in [2.45, 2.75) is 26.7 Å². The van der Waals surface area contributed by atoms with Crippen LogP contribution < -0.4 is 5.32 Å². The van der Waals surface area contributed by atoms with E-state index in [-0.39, 0.29) is 11.8 Å². The van der Waals surface area contributed by atoms with E-state index in [1.165, 1.54) is 0 Å². The fourth-order valence-electron chi connectivity index (χ4n) is 2.59. The number of hydrogen-bond acceptors (Lipinski definition) is 3. The van der Waals surface area contributed by atoms with Crippen LogP contribution in [0.2, 0.25) is 0 Å². The Kier molecular flexibility index (Phi) is 3.61. The van der Waals surface area contributed by atoms with E-state index in [0.29, 0.717) is 31.8 Å². The highest BCUT2D eigenvalue weighted by Gasteiger charge is 2.40. The third-order valence-corrected chi connectivity index (χ3v) is 4.60. The summed E-state index contributed by atoms with van der Waals surface area (Å²) in [7, 11) is 0. The van der Waals surface area contributed by atoms with Crippen LogP contribution in [-0.4, -0.2) is 48.1 Å². The fourth-order valence-corrected chi connectivity index (χ4v) is 2.59. The van der Waals surface area contributed by atoms with Gasteiger partial charge in [-0.3, -0.25) is 9.59 Å². The molecule has 2 fully saturated rings. The minimum absolute atomic E-state index is 0.0560. The highest BCUT2D eigenvalue weighted by Crippen LogP contribution is 2.32. The maximum Gasteiger partial charge on any atom is 0.309 e. The SMILES string of the molecule is CC(C(=O)N1CCC(C)(C(=O)O)CC1)C1CNC1. The molecule has 1 unspecified atom stereocenters. The van der Waals surface area contributed by atoms with Gasteiger partial charge in [0, 0.05) is 19.0 Å². The van der Waals surface area contributed by atoms with Crippen molar-refractivity contribution < 1.29 is 14.7 Å². The van der Waals surface area contributed by atoms with Crippen LogP contribution in [-0.2, 0) is 9.59 Å². The lowest BCUT2D eigenvalue weighted by molar-refractivity contribution is -0.154. The molecule has 0 radical (unpaired) electrons. The van der Waals surface area contributed by atoms with E-state index in [0.717, 1.165) is 13.1 Å². The number of amides is 1. The maximum absolute atomic E-state index is 12.3. The van der Waals surface area contributed by atoms with Crippen molar-refractivity contribution in [2.24, 2.45) is 17.3 Å². The van der Waals surface area contributed by atoms with E-state index in [9.17, 15) is 9.59 Å². The zero-order valence-electron chi connectivity index (χ0n) is 11.1. The summed E-state index contributed by atoms with van der Waals surface area (Å²) in [6.07, 6.45) is 1.12. The zero-order valence-corrected chi connectivity index (χ0v) is 11.1. The second kappa shape index (κ2) is 4.88. The zero-order chi connectivity index (χ0) is 13.3. The molecule has 0 saturated carbocycles. The lowest BCUT2D eigenvalue weighted by Crippen LogP contribution is -2.52. The van der Waals surface area contributed by atoms with Crippen LogP contribution in [0.25, 0.3) is 0 Å². The maximum atomic E-state index is 12.3. The van der Waals surface area contributed by atoms with Crippen LogP contribution in [0, 0.1) is 17.3 Å². The van der Waals surface area contributed by atoms with E-state index < -0.39 is 11.4 Å². The van der Waals surface area contributed by atoms with Gasteiger partial charge in [0.25, 0.3) is 0 Å². The fraction of sp³-hybridized carbons (Fsp3) is 0.846. The molecule has 2 N–H and O–H groups in total. The van der Waals surface area contributed by atoms with Gasteiger partial charge in [0.15, 0.2) is 0 Å². The van der Waals surface area contributed by atoms with Gasteiger partial charge in [0.2, 0.25) is 5.91 Å². The number of piperidine rings is 1. The first-order valence-corrected chi connectivity index (χ1v) is 6.67. The van der Waals surface area contributed by atoms with Gasteiger partial charge in [-0.2, -0.15) is 0 Å². The number of rotatable bonds is 3. The lowest BCUT2D eigenvalue weighted by Gasteiger charge is -2.40. The van der Waals surface area contributed by atoms with E-state index in [2.05, 4.69) is 5.32 Å². The van der Waals surface area contributed by atoms with Gasteiger partial charge in [0.1, 0.15) is 0 Å². The first-order valence-electron chi connectivity index (χ1n) is 6.67. The second-order valence-electron chi connectivity index (χ2n) is 5.90. The van der Waals surface area contributed by atoms with Gasteiger partial charge in [-0.1, -0.05) is 6.92 Å². The van der Waals surface area contributed by atoms with E-state index in [4.69, 9.17) is 5.11 Å². The molecule has 2 aliphatic rings. The highest BCUT2D eigenvalue weighted by atomic mass is 16.4. The largest absolute Gasteiger partial charge is 0.481 e. The third kappa shape index (κ3) is 2.36. The average molecular weight is 254 g/mol. The van der Waals surface area contributed by atoms with Crippen molar-refractivity contribution in [3.63, 3.8) is 0 Å². The van der Waals surface area contributed by atoms with E-state index in [1.54, 1.807) is 6.92 Å². The number of carbonyl (C=O) groups excluding carboxylic acids is 1. The molecule has 0 aromatic carbocycles. The smallest absolute Gasteiger partial charge is 0.309 e. The number of likely N-dealkylation sites (tertiary alicyclic amines) is 1. The average Bonchev–Trinajstić information content (AvgIpc) is 2.26. The van der Waals surface area contributed by atoms with Crippen LogP contribution >= 0.6 is 0 Å². The van der Waals surface area contributed by atoms with Gasteiger partial charge in [-0.15, -0.1) is 0 Å². The summed E-state index contributed by atoms with van der Waals surface area (Å²) in [5.41, 5.74) is -0.655. The number of carbonyl (C=O) groups is 2. The first-order chi connectivity index (χ1) is 8.44. The van der Waals surface area contributed by atoms with Crippen molar-refractivity contribution in [3.05, 3.63) is 0 Å². The van der Waals surface area contributed by atoms with Gasteiger partial charge in [-0.25, -0.2) is 0 Å². The second-order valence-corrected chi connectivity index (χ2v) is 5.90. The lowest BCUT2D eigenvalue weighted by atomic mass is 9.79. The molecule has 2 rings (SSSR count). The predicted molar refractivity (Wildman–Crippen MR) is 67.1 cm³/mol. The Morgan fingerprint density at radius 1 is 1.33 bits per heavy atom. The van der Waals surface area contributed by atoms with Crippen molar-refractivity contribution in [1.29, 1.82) is 0 Å². The van der Waals surface area contributed by atoms with E-state index in [1.807, 2.05) is 11.8 Å². The molecule has 5 nitrogen and oxygen atoms in total. The van der Waals surface area contributed by atoms with Crippen molar-refractivity contribution >= 4 is 11.9 Å². The normalized spacial score (nSPS) is 25.3. The number of nitrogens with one attached hydrogen (secondary N) is 1. The summed E-state index contributed by atoms with van der Waals surface area (Å²) in [6.45, 7) is 6.76. The summed E-state index contributed by atoms with van der Waals surface area (Å²) in [5.74, 6) is -0.0505. The molecular weight excluding hydrogens is 232 g/mol.